The van der Waals surface area contributed by atoms with E-state index in [1.807, 2.05) is 30.6 Å². The first-order chi connectivity index (χ1) is 9.79. The van der Waals surface area contributed by atoms with Gasteiger partial charge in [0.1, 0.15) is 0 Å². The summed E-state index contributed by atoms with van der Waals surface area (Å²) in [6.45, 7) is 2.08. The van der Waals surface area contributed by atoms with Gasteiger partial charge in [-0.1, -0.05) is 54.1 Å². The number of hydrogen-bond acceptors (Lipinski definition) is 3. The van der Waals surface area contributed by atoms with Crippen LogP contribution in [0.1, 0.15) is 22.7 Å². The zero-order chi connectivity index (χ0) is 13.9. The summed E-state index contributed by atoms with van der Waals surface area (Å²) in [6, 6.07) is 16.5. The van der Waals surface area contributed by atoms with Gasteiger partial charge in [-0.25, -0.2) is 5.43 Å². The largest absolute Gasteiger partial charge is 0.271 e. The summed E-state index contributed by atoms with van der Waals surface area (Å²) in [5.41, 5.74) is 6.37. The molecule has 0 amide bonds. The number of hydrogen-bond donors (Lipinski definition) is 2. The van der Waals surface area contributed by atoms with Crippen LogP contribution in [0.25, 0.3) is 10.8 Å². The predicted octanol–water partition coefficient (Wildman–Crippen LogP) is 3.10. The second kappa shape index (κ2) is 5.41. The number of aromatic nitrogens is 1. The third kappa shape index (κ3) is 2.29. The van der Waals surface area contributed by atoms with Gasteiger partial charge < -0.3 is 0 Å². The highest BCUT2D eigenvalue weighted by Gasteiger charge is 2.15. The van der Waals surface area contributed by atoms with Crippen LogP contribution in [-0.4, -0.2) is 4.98 Å². The fourth-order valence-electron chi connectivity index (χ4n) is 2.59. The van der Waals surface area contributed by atoms with Crippen LogP contribution >= 0.6 is 0 Å². The lowest BCUT2D eigenvalue weighted by Crippen LogP contribution is -2.29. The molecule has 3 rings (SSSR count). The van der Waals surface area contributed by atoms with Crippen molar-refractivity contribution in [1.29, 1.82) is 0 Å². The van der Waals surface area contributed by atoms with Crippen molar-refractivity contribution in [2.45, 2.75) is 13.0 Å². The Kier molecular flexibility index (Phi) is 3.46. The number of nitrogens with zero attached hydrogens (tertiary/aromatic N) is 1. The van der Waals surface area contributed by atoms with Crippen molar-refractivity contribution in [3.05, 3.63) is 77.6 Å². The molecule has 20 heavy (non-hydrogen) atoms. The van der Waals surface area contributed by atoms with Crippen LogP contribution in [0.2, 0.25) is 0 Å². The van der Waals surface area contributed by atoms with E-state index in [2.05, 4.69) is 47.7 Å². The number of aryl methyl sites for hydroxylation is 1. The van der Waals surface area contributed by atoms with Crippen LogP contribution in [0.4, 0.5) is 0 Å². The minimum Gasteiger partial charge on any atom is -0.271 e. The summed E-state index contributed by atoms with van der Waals surface area (Å²) in [6.07, 6.45) is 3.76. The zero-order valence-electron chi connectivity index (χ0n) is 11.4. The Morgan fingerprint density at radius 1 is 1.05 bits per heavy atom. The van der Waals surface area contributed by atoms with E-state index >= 15 is 0 Å². The van der Waals surface area contributed by atoms with Gasteiger partial charge in [-0.05, 0) is 17.9 Å². The quantitative estimate of drug-likeness (QED) is 0.564. The number of pyridine rings is 1. The van der Waals surface area contributed by atoms with Crippen LogP contribution < -0.4 is 11.3 Å². The van der Waals surface area contributed by atoms with Crippen molar-refractivity contribution in [2.75, 3.05) is 0 Å². The molecule has 1 heterocycles. The fourth-order valence-corrected chi connectivity index (χ4v) is 2.59. The van der Waals surface area contributed by atoms with E-state index in [1.165, 1.54) is 10.9 Å². The summed E-state index contributed by atoms with van der Waals surface area (Å²) < 4.78 is 0. The van der Waals surface area contributed by atoms with Crippen LogP contribution in [-0.2, 0) is 0 Å². The van der Waals surface area contributed by atoms with E-state index in [0.717, 1.165) is 16.5 Å². The third-order valence-corrected chi connectivity index (χ3v) is 3.55. The maximum atomic E-state index is 5.80. The Bertz CT molecular complexity index is 732. The molecule has 3 aromatic rings. The number of fused-ring (bicyclic) bond motifs is 1. The Morgan fingerprint density at radius 3 is 2.70 bits per heavy atom. The summed E-state index contributed by atoms with van der Waals surface area (Å²) in [5, 5.41) is 2.30. The molecule has 0 spiro atoms. The molecular weight excluding hydrogens is 246 g/mol. The van der Waals surface area contributed by atoms with Gasteiger partial charge in [-0.2, -0.15) is 0 Å². The Balaban J connectivity index is 2.17. The van der Waals surface area contributed by atoms with E-state index in [1.54, 1.807) is 0 Å². The fraction of sp³-hybridized carbons (Fsp3) is 0.118. The van der Waals surface area contributed by atoms with Gasteiger partial charge in [0.25, 0.3) is 0 Å². The smallest absolute Gasteiger partial charge is 0.0731 e. The first kappa shape index (κ1) is 12.8. The van der Waals surface area contributed by atoms with Crippen molar-refractivity contribution >= 4 is 10.8 Å². The number of nitrogens with two attached hydrogens (primary N) is 1. The normalized spacial score (nSPS) is 12.5. The van der Waals surface area contributed by atoms with Crippen LogP contribution in [0, 0.1) is 6.92 Å². The Hall–Kier alpha value is -2.23. The Labute approximate surface area is 118 Å². The lowest BCUT2D eigenvalue weighted by Gasteiger charge is -2.19. The van der Waals surface area contributed by atoms with E-state index in [9.17, 15) is 0 Å². The molecule has 0 bridgehead atoms. The minimum absolute atomic E-state index is 0.0616. The lowest BCUT2D eigenvalue weighted by atomic mass is 9.95. The van der Waals surface area contributed by atoms with Gasteiger partial charge >= 0.3 is 0 Å². The van der Waals surface area contributed by atoms with E-state index in [0.29, 0.717) is 0 Å². The highest BCUT2D eigenvalue weighted by atomic mass is 15.2. The SMILES string of the molecule is Cc1cccc(C(NN)c2cncc3ccccc23)c1. The van der Waals surface area contributed by atoms with Gasteiger partial charge in [0.15, 0.2) is 0 Å². The van der Waals surface area contributed by atoms with Crippen molar-refractivity contribution in [3.8, 4) is 0 Å². The van der Waals surface area contributed by atoms with Crippen molar-refractivity contribution in [1.82, 2.24) is 10.4 Å². The molecule has 1 atom stereocenters. The molecule has 0 radical (unpaired) electrons. The monoisotopic (exact) mass is 263 g/mol. The van der Waals surface area contributed by atoms with E-state index in [-0.39, 0.29) is 6.04 Å². The van der Waals surface area contributed by atoms with Crippen LogP contribution in [0.3, 0.4) is 0 Å². The van der Waals surface area contributed by atoms with Gasteiger partial charge in [-0.3, -0.25) is 10.8 Å². The minimum atomic E-state index is -0.0616. The van der Waals surface area contributed by atoms with E-state index in [4.69, 9.17) is 5.84 Å². The highest BCUT2D eigenvalue weighted by molar-refractivity contribution is 5.85. The number of nitrogens with one attached hydrogen (secondary N) is 1. The number of hydrazine groups is 1. The molecule has 0 aliphatic rings. The molecular formula is C17H17N3. The molecule has 0 saturated carbocycles. The van der Waals surface area contributed by atoms with Crippen LogP contribution in [0.15, 0.2) is 60.9 Å². The molecule has 3 N–H and O–H groups in total. The third-order valence-electron chi connectivity index (χ3n) is 3.55. The van der Waals surface area contributed by atoms with Gasteiger partial charge in [0, 0.05) is 23.3 Å². The van der Waals surface area contributed by atoms with Gasteiger partial charge in [0.2, 0.25) is 0 Å². The molecule has 3 heteroatoms. The summed E-state index contributed by atoms with van der Waals surface area (Å²) in [7, 11) is 0. The average Bonchev–Trinajstić information content (AvgIpc) is 2.48. The second-order valence-electron chi connectivity index (χ2n) is 4.96. The molecule has 3 nitrogen and oxygen atoms in total. The first-order valence-corrected chi connectivity index (χ1v) is 6.65. The average molecular weight is 263 g/mol. The summed E-state index contributed by atoms with van der Waals surface area (Å²) >= 11 is 0. The van der Waals surface area contributed by atoms with Crippen LogP contribution in [0.5, 0.6) is 0 Å². The van der Waals surface area contributed by atoms with E-state index < -0.39 is 0 Å². The highest BCUT2D eigenvalue weighted by Crippen LogP contribution is 2.27. The first-order valence-electron chi connectivity index (χ1n) is 6.65. The molecule has 0 aliphatic heterocycles. The Morgan fingerprint density at radius 2 is 1.90 bits per heavy atom. The van der Waals surface area contributed by atoms with Crippen molar-refractivity contribution in [3.63, 3.8) is 0 Å². The number of rotatable bonds is 3. The second-order valence-corrected chi connectivity index (χ2v) is 4.96. The van der Waals surface area contributed by atoms with Crippen molar-refractivity contribution in [2.24, 2.45) is 5.84 Å². The maximum absolute atomic E-state index is 5.80. The molecule has 0 aliphatic carbocycles. The molecule has 0 fully saturated rings. The summed E-state index contributed by atoms with van der Waals surface area (Å²) in [5.74, 6) is 5.80. The topological polar surface area (TPSA) is 50.9 Å². The van der Waals surface area contributed by atoms with Gasteiger partial charge in [-0.15, -0.1) is 0 Å². The predicted molar refractivity (Wildman–Crippen MR) is 82.1 cm³/mol. The molecule has 100 valence electrons. The summed E-state index contributed by atoms with van der Waals surface area (Å²) in [4.78, 5) is 4.33. The van der Waals surface area contributed by atoms with Crippen molar-refractivity contribution < 1.29 is 0 Å². The molecule has 0 saturated heterocycles. The lowest BCUT2D eigenvalue weighted by molar-refractivity contribution is 0.638. The molecule has 1 unspecified atom stereocenters. The standard InChI is InChI=1S/C17H17N3/c1-12-5-4-7-13(9-12)17(20-18)16-11-19-10-14-6-2-3-8-15(14)16/h2-11,17,20H,18H2,1H3. The molecule has 1 aromatic heterocycles. The zero-order valence-corrected chi connectivity index (χ0v) is 11.4. The molecule has 2 aromatic carbocycles. The van der Waals surface area contributed by atoms with Gasteiger partial charge in [0.05, 0.1) is 6.04 Å². The number of benzene rings is 2. The maximum Gasteiger partial charge on any atom is 0.0731 e.